The monoisotopic (exact) mass is 1310 g/mol. The van der Waals surface area contributed by atoms with Crippen LogP contribution in [0.4, 0.5) is 9.59 Å². The Morgan fingerprint density at radius 2 is 0.886 bits per heavy atom. The van der Waals surface area contributed by atoms with Crippen LogP contribution in [0.25, 0.3) is 22.5 Å². The summed E-state index contributed by atoms with van der Waals surface area (Å²) in [5, 5.41) is 9.77. The van der Waals surface area contributed by atoms with Gasteiger partial charge in [-0.05, 0) is 142 Å². The summed E-state index contributed by atoms with van der Waals surface area (Å²) in [6.45, 7) is 13.1. The van der Waals surface area contributed by atoms with Crippen LogP contribution in [0.15, 0.2) is 110 Å². The first-order chi connectivity index (χ1) is 41.0. The van der Waals surface area contributed by atoms with E-state index in [1.165, 1.54) is 75.2 Å². The van der Waals surface area contributed by atoms with Crippen molar-refractivity contribution in [1.29, 1.82) is 0 Å². The summed E-state index contributed by atoms with van der Waals surface area (Å²) in [4.78, 5) is 53.1. The van der Waals surface area contributed by atoms with Crippen molar-refractivity contribution in [2.75, 3.05) is 73.6 Å². The molecule has 2 aliphatic heterocycles. The predicted molar refractivity (Wildman–Crippen MR) is 329 cm³/mol. The molecule has 0 saturated carbocycles. The maximum absolute atomic E-state index is 13.1. The zero-order chi connectivity index (χ0) is 65.7. The Morgan fingerprint density at radius 1 is 0.568 bits per heavy atom. The molecule has 0 atom stereocenters. The van der Waals surface area contributed by atoms with Crippen LogP contribution in [0, 0.1) is 13.8 Å². The van der Waals surface area contributed by atoms with Gasteiger partial charge in [0, 0.05) is 95.9 Å². The average Bonchev–Trinajstić information content (AvgIpc) is 2.37. The molecule has 4 heterocycles. The van der Waals surface area contributed by atoms with Crippen molar-refractivity contribution in [2.45, 2.75) is 78.6 Å². The fraction of sp³-hybridized carbons (Fsp3) is 0.411. The minimum absolute atomic E-state index is 0.101. The van der Waals surface area contributed by atoms with E-state index < -0.39 is 40.8 Å². The Balaban J connectivity index is 0.000000302. The number of carbonyl (C=O) groups is 3. The number of piperidine rings is 2. The molecule has 0 aliphatic carbocycles. The minimum atomic E-state index is -4.08. The predicted octanol–water partition coefficient (Wildman–Crippen LogP) is 5.61. The van der Waals surface area contributed by atoms with Crippen molar-refractivity contribution in [2.24, 2.45) is 10.3 Å². The highest BCUT2D eigenvalue weighted by Crippen LogP contribution is 2.27. The second-order valence-electron chi connectivity index (χ2n) is 20.4. The van der Waals surface area contributed by atoms with Crippen molar-refractivity contribution in [1.82, 2.24) is 38.7 Å². The molecule has 8 rings (SSSR count). The molecule has 0 spiro atoms. The number of nitrogens with two attached hydrogens (primary N) is 2. The van der Waals surface area contributed by atoms with E-state index in [2.05, 4.69) is 71.0 Å². The molecule has 32 heteroatoms. The number of likely N-dealkylation sites (tertiary alicyclic amines) is 2. The summed E-state index contributed by atoms with van der Waals surface area (Å²) in [5.74, 6) is 1.74. The summed E-state index contributed by atoms with van der Waals surface area (Å²) in [6.07, 6.45) is 11.3. The van der Waals surface area contributed by atoms with Crippen molar-refractivity contribution in [3.8, 4) is 45.5 Å². The minimum Gasteiger partial charge on any atom is -0.497 e. The third-order valence-electron chi connectivity index (χ3n) is 13.0. The highest BCUT2D eigenvalue weighted by Gasteiger charge is 2.28. The molecule has 2 fully saturated rings. The number of amides is 2. The molecule has 0 bridgehead atoms. The van der Waals surface area contributed by atoms with Crippen molar-refractivity contribution >= 4 is 58.9 Å². The Labute approximate surface area is 514 Å². The fourth-order valence-corrected chi connectivity index (χ4v) is 9.94. The van der Waals surface area contributed by atoms with Crippen molar-refractivity contribution in [3.63, 3.8) is 0 Å². The molecule has 0 radical (unpaired) electrons. The number of esters is 1. The van der Waals surface area contributed by atoms with Crippen LogP contribution in [-0.2, 0) is 63.5 Å². The molecule has 2 aromatic heterocycles. The number of carbonyl (C=O) groups excluding carboxylic acids is 3. The van der Waals surface area contributed by atoms with Gasteiger partial charge in [0.25, 0.3) is 20.2 Å². The average molecular weight is 1310 g/mol. The van der Waals surface area contributed by atoms with Crippen molar-refractivity contribution < 1.29 is 79.7 Å². The van der Waals surface area contributed by atoms with Gasteiger partial charge < -0.3 is 32.4 Å². The molecule has 28 nitrogen and oxygen atoms in total. The number of benzene rings is 4. The Bertz CT molecular complexity index is 3470. The van der Waals surface area contributed by atoms with E-state index in [1.54, 1.807) is 67.6 Å². The SMILES string of the molecule is CCOC(C)=O.COc1cc(C)cc(CN2CCC(N(C)C(=O)n3cnc(-c4ccc(OS(N)(=O)=O)cc4)c3)CC2)c1.COc1cc(C)cc(CN2CCC(N(C)C(=O)n3cnc(-c4ccc(OS(N)(=O)=O)cc4)c3)CC2)c1.CS(=O)(=O)O.CS(=O)(=O)O. The number of ether oxygens (including phenoxy) is 3. The summed E-state index contributed by atoms with van der Waals surface area (Å²) < 4.78 is 123. The molecule has 88 heavy (non-hydrogen) atoms. The topological polar surface area (TPSA) is 375 Å². The lowest BCUT2D eigenvalue weighted by atomic mass is 10.0. The van der Waals surface area contributed by atoms with Gasteiger partial charge in [-0.2, -0.15) is 43.9 Å². The van der Waals surface area contributed by atoms with Gasteiger partial charge in [-0.25, -0.2) is 19.6 Å². The van der Waals surface area contributed by atoms with Crippen LogP contribution in [-0.4, -0.2) is 185 Å². The van der Waals surface area contributed by atoms with E-state index in [9.17, 15) is 48.1 Å². The van der Waals surface area contributed by atoms with Gasteiger partial charge >= 0.3 is 38.6 Å². The summed E-state index contributed by atoms with van der Waals surface area (Å²) in [7, 11) is -8.48. The van der Waals surface area contributed by atoms with Gasteiger partial charge in [-0.3, -0.25) is 32.8 Å². The molecule has 484 valence electrons. The summed E-state index contributed by atoms with van der Waals surface area (Å²) in [5.41, 5.74) is 7.41. The van der Waals surface area contributed by atoms with E-state index in [-0.39, 0.29) is 41.6 Å². The molecular weight excluding hydrogens is 1230 g/mol. The molecule has 6 aromatic rings. The second kappa shape index (κ2) is 33.2. The highest BCUT2D eigenvalue weighted by atomic mass is 32.2. The first-order valence-electron chi connectivity index (χ1n) is 27.0. The van der Waals surface area contributed by atoms with Crippen LogP contribution in [0.1, 0.15) is 61.8 Å². The lowest BCUT2D eigenvalue weighted by Gasteiger charge is -2.36. The first kappa shape index (κ1) is 72.9. The fourth-order valence-electron chi connectivity index (χ4n) is 9.18. The van der Waals surface area contributed by atoms with E-state index in [1.807, 2.05) is 26.2 Å². The Kier molecular flexibility index (Phi) is 27.5. The number of hydrogen-bond donors (Lipinski definition) is 4. The van der Waals surface area contributed by atoms with Crippen LogP contribution in [0.5, 0.6) is 23.0 Å². The van der Waals surface area contributed by atoms with Crippen LogP contribution >= 0.6 is 0 Å². The molecule has 2 amide bonds. The number of aromatic nitrogens is 4. The Morgan fingerprint density at radius 3 is 1.15 bits per heavy atom. The van der Waals surface area contributed by atoms with Gasteiger partial charge in [-0.15, -0.1) is 0 Å². The van der Waals surface area contributed by atoms with Crippen LogP contribution < -0.4 is 28.1 Å². The number of imidazole rings is 2. The lowest BCUT2D eigenvalue weighted by molar-refractivity contribution is -0.140. The van der Waals surface area contributed by atoms with Gasteiger partial charge in [0.05, 0.1) is 44.7 Å². The molecule has 0 unspecified atom stereocenters. The molecule has 4 aromatic carbocycles. The zero-order valence-corrected chi connectivity index (χ0v) is 53.9. The Hall–Kier alpha value is -7.53. The van der Waals surface area contributed by atoms with Crippen LogP contribution in [0.2, 0.25) is 0 Å². The maximum atomic E-state index is 13.1. The third-order valence-corrected chi connectivity index (χ3v) is 13.8. The van der Waals surface area contributed by atoms with E-state index in [0.717, 1.165) is 76.5 Å². The van der Waals surface area contributed by atoms with E-state index >= 15 is 0 Å². The van der Waals surface area contributed by atoms with Crippen LogP contribution in [0.3, 0.4) is 0 Å². The number of aryl methyl sites for hydroxylation is 2. The standard InChI is InChI=1S/2C25H31N5O5S.C4H8O2.2CH4O3S/c2*1-18-12-19(14-23(13-18)34-3)15-29-10-8-21(9-11-29)28(2)25(31)30-16-24(27-17-30)20-4-6-22(7-5-20)35-36(26,32)33;1-3-6-4(2)5;2*1-5(2,3)4/h2*4-7,12-14,16-17,21H,8-11,15H2,1-3H3,(H2,26,32,33);3H2,1-2H3;2*1H3,(H,2,3,4). The van der Waals surface area contributed by atoms with E-state index in [4.69, 9.17) is 28.9 Å². The van der Waals surface area contributed by atoms with Gasteiger partial charge in [0.15, 0.2) is 0 Å². The summed E-state index contributed by atoms with van der Waals surface area (Å²) in [6, 6.07) is 25.1. The van der Waals surface area contributed by atoms with Gasteiger partial charge in [0.1, 0.15) is 35.7 Å². The largest absolute Gasteiger partial charge is 0.497 e. The smallest absolute Gasteiger partial charge is 0.380 e. The molecule has 2 aliphatic rings. The number of methoxy groups -OCH3 is 2. The van der Waals surface area contributed by atoms with E-state index in [0.29, 0.717) is 41.6 Å². The number of rotatable bonds is 15. The quantitative estimate of drug-likeness (QED) is 0.0717. The maximum Gasteiger partial charge on any atom is 0.380 e. The zero-order valence-electron chi connectivity index (χ0n) is 50.6. The lowest BCUT2D eigenvalue weighted by Crippen LogP contribution is -2.46. The summed E-state index contributed by atoms with van der Waals surface area (Å²) >= 11 is 0. The normalized spacial score (nSPS) is 14.1. The third kappa shape index (κ3) is 27.2. The highest BCUT2D eigenvalue weighted by molar-refractivity contribution is 7.85. The van der Waals surface area contributed by atoms with Crippen molar-refractivity contribution in [3.05, 3.63) is 132 Å². The number of hydrogen-bond acceptors (Lipinski definition) is 20. The van der Waals surface area contributed by atoms with Gasteiger partial charge in [0.2, 0.25) is 0 Å². The second-order valence-corrected chi connectivity index (χ2v) is 25.7. The number of nitrogens with zero attached hydrogens (tertiary/aromatic N) is 8. The first-order valence-corrected chi connectivity index (χ1v) is 33.6. The van der Waals surface area contributed by atoms with Gasteiger partial charge in [-0.1, -0.05) is 12.1 Å². The molecular formula is C56H78N10O18S4. The molecule has 2 saturated heterocycles. The molecule has 6 N–H and O–H groups in total.